The van der Waals surface area contributed by atoms with Crippen molar-refractivity contribution in [3.05, 3.63) is 87.9 Å². The van der Waals surface area contributed by atoms with E-state index in [0.717, 1.165) is 30.4 Å². The Bertz CT molecular complexity index is 866. The molecule has 0 spiro atoms. The minimum Gasteiger partial charge on any atom is -0.384 e. The van der Waals surface area contributed by atoms with Gasteiger partial charge in [0.2, 0.25) is 0 Å². The van der Waals surface area contributed by atoms with Crippen LogP contribution >= 0.6 is 0 Å². The molecular formula is C25H29F2N. The van der Waals surface area contributed by atoms with E-state index in [1.54, 1.807) is 0 Å². The summed E-state index contributed by atoms with van der Waals surface area (Å²) in [7, 11) is 0. The predicted molar refractivity (Wildman–Crippen MR) is 114 cm³/mol. The summed E-state index contributed by atoms with van der Waals surface area (Å²) in [4.78, 5) is 0. The van der Waals surface area contributed by atoms with E-state index in [9.17, 15) is 8.78 Å². The van der Waals surface area contributed by atoms with Crippen LogP contribution in [0.1, 0.15) is 44.2 Å². The first-order chi connectivity index (χ1) is 13.6. The maximum absolute atomic E-state index is 13.5. The fraction of sp³-hybridized carbons (Fsp3) is 0.360. The van der Waals surface area contributed by atoms with E-state index in [1.807, 2.05) is 0 Å². The smallest absolute Gasteiger partial charge is 0.115 e. The first kappa shape index (κ1) is 20.3. The number of hydrogen-bond donors (Lipinski definition) is 1. The third-order valence-electron chi connectivity index (χ3n) is 5.73. The lowest BCUT2D eigenvalue weighted by Gasteiger charge is -2.34. The van der Waals surface area contributed by atoms with E-state index in [-0.39, 0.29) is 0 Å². The van der Waals surface area contributed by atoms with Crippen molar-refractivity contribution < 1.29 is 8.78 Å². The number of dihydropyridines is 1. The molecule has 0 saturated carbocycles. The normalized spacial score (nSPS) is 20.4. The molecule has 1 aliphatic carbocycles. The highest BCUT2D eigenvalue weighted by Gasteiger charge is 2.29. The van der Waals surface area contributed by atoms with Gasteiger partial charge >= 0.3 is 0 Å². The van der Waals surface area contributed by atoms with Gasteiger partial charge in [0, 0.05) is 12.2 Å². The number of nitrogens with one attached hydrogen (secondary N) is 1. The predicted octanol–water partition coefficient (Wildman–Crippen LogP) is 6.75. The summed E-state index contributed by atoms with van der Waals surface area (Å²) in [6.07, 6.45) is 8.56. The van der Waals surface area contributed by atoms with Gasteiger partial charge in [-0.05, 0) is 78.2 Å². The molecule has 1 unspecified atom stereocenters. The Balaban J connectivity index is 2.07. The van der Waals surface area contributed by atoms with Gasteiger partial charge in [0.15, 0.2) is 0 Å². The molecule has 0 saturated heterocycles. The van der Waals surface area contributed by atoms with Crippen molar-refractivity contribution >= 4 is 5.57 Å². The highest BCUT2D eigenvalue weighted by atomic mass is 19.1. The van der Waals surface area contributed by atoms with E-state index in [2.05, 4.69) is 56.4 Å². The summed E-state index contributed by atoms with van der Waals surface area (Å²) in [6.45, 7) is 6.49. The van der Waals surface area contributed by atoms with Crippen LogP contribution in [0, 0.1) is 12.8 Å². The molecule has 1 aromatic rings. The number of halogens is 2. The quantitative estimate of drug-likeness (QED) is 0.537. The van der Waals surface area contributed by atoms with Gasteiger partial charge in [0.25, 0.3) is 0 Å². The zero-order chi connectivity index (χ0) is 20.1. The molecule has 0 amide bonds. The average molecular weight is 382 g/mol. The highest BCUT2D eigenvalue weighted by Crippen LogP contribution is 2.43. The number of aryl methyl sites for hydroxylation is 1. The van der Waals surface area contributed by atoms with E-state index in [4.69, 9.17) is 0 Å². The lowest BCUT2D eigenvalue weighted by molar-refractivity contribution is 0.537. The molecule has 148 valence electrons. The van der Waals surface area contributed by atoms with Crippen LogP contribution < -0.4 is 5.32 Å². The monoisotopic (exact) mass is 381 g/mol. The third-order valence-corrected chi connectivity index (χ3v) is 5.73. The van der Waals surface area contributed by atoms with Gasteiger partial charge in [0.1, 0.15) is 6.67 Å². The Labute approximate surface area is 167 Å². The second-order valence-electron chi connectivity index (χ2n) is 7.65. The second kappa shape index (κ2) is 9.18. The standard InChI is InChI=1S/C25H29F2N/c1-4-6-20-14-24-23(13-22(16-28-24)21(15-27)7-5-12-26)18(3)25(20)19-10-8-17(2)9-11-19/h5,7-13,20,28H,4,6,14-16H2,1-3H3/b12-5+,21-7-. The molecule has 0 fully saturated rings. The number of benzene rings is 1. The van der Waals surface area contributed by atoms with Gasteiger partial charge in [-0.25, -0.2) is 8.78 Å². The highest BCUT2D eigenvalue weighted by molar-refractivity contribution is 5.78. The molecule has 0 aromatic heterocycles. The fourth-order valence-electron chi connectivity index (χ4n) is 4.30. The summed E-state index contributed by atoms with van der Waals surface area (Å²) >= 11 is 0. The molecule has 3 heteroatoms. The minimum absolute atomic E-state index is 0.438. The molecular weight excluding hydrogens is 352 g/mol. The molecule has 1 atom stereocenters. The molecule has 1 N–H and O–H groups in total. The van der Waals surface area contributed by atoms with Crippen LogP contribution in [0.25, 0.3) is 5.57 Å². The Hall–Kier alpha value is -2.42. The van der Waals surface area contributed by atoms with Crippen molar-refractivity contribution in [1.82, 2.24) is 5.32 Å². The van der Waals surface area contributed by atoms with Crippen LogP contribution in [-0.4, -0.2) is 13.2 Å². The van der Waals surface area contributed by atoms with Crippen molar-refractivity contribution in [2.45, 2.75) is 40.0 Å². The Morgan fingerprint density at radius 1 is 1.21 bits per heavy atom. The first-order valence-corrected chi connectivity index (χ1v) is 10.1. The first-order valence-electron chi connectivity index (χ1n) is 10.1. The SMILES string of the molecule is CCCC1CC2=C(C=C(/C(=C\C=C\F)CF)CN2)C(C)=C1c1ccc(C)cc1. The van der Waals surface area contributed by atoms with Gasteiger partial charge in [-0.2, -0.15) is 0 Å². The number of rotatable bonds is 6. The Morgan fingerprint density at radius 2 is 1.96 bits per heavy atom. The van der Waals surface area contributed by atoms with Crippen LogP contribution in [0.3, 0.4) is 0 Å². The molecule has 0 bridgehead atoms. The Kier molecular flexibility index (Phi) is 6.66. The van der Waals surface area contributed by atoms with Crippen LogP contribution in [0.15, 0.2) is 76.8 Å². The molecule has 0 radical (unpaired) electrons. The van der Waals surface area contributed by atoms with Crippen molar-refractivity contribution in [3.8, 4) is 0 Å². The summed E-state index contributed by atoms with van der Waals surface area (Å²) in [5, 5.41) is 3.51. The van der Waals surface area contributed by atoms with Crippen molar-refractivity contribution in [1.29, 1.82) is 0 Å². The maximum Gasteiger partial charge on any atom is 0.115 e. The molecule has 2 aliphatic rings. The van der Waals surface area contributed by atoms with E-state index in [1.165, 1.54) is 40.1 Å². The van der Waals surface area contributed by atoms with Crippen LogP contribution in [0.2, 0.25) is 0 Å². The minimum atomic E-state index is -0.605. The van der Waals surface area contributed by atoms with Crippen LogP contribution in [0.5, 0.6) is 0 Å². The molecule has 28 heavy (non-hydrogen) atoms. The fourth-order valence-corrected chi connectivity index (χ4v) is 4.30. The largest absolute Gasteiger partial charge is 0.384 e. The van der Waals surface area contributed by atoms with Gasteiger partial charge in [-0.1, -0.05) is 49.2 Å². The van der Waals surface area contributed by atoms with E-state index < -0.39 is 6.67 Å². The Morgan fingerprint density at radius 3 is 2.61 bits per heavy atom. The molecule has 1 nitrogen and oxygen atoms in total. The van der Waals surface area contributed by atoms with Crippen molar-refractivity contribution in [2.75, 3.05) is 13.2 Å². The number of hydrogen-bond acceptors (Lipinski definition) is 1. The van der Waals surface area contributed by atoms with Crippen LogP contribution in [0.4, 0.5) is 8.78 Å². The van der Waals surface area contributed by atoms with Gasteiger partial charge in [-0.3, -0.25) is 0 Å². The van der Waals surface area contributed by atoms with E-state index in [0.29, 0.717) is 24.4 Å². The molecule has 1 aliphatic heterocycles. The van der Waals surface area contributed by atoms with Crippen LogP contribution in [-0.2, 0) is 0 Å². The lowest BCUT2D eigenvalue weighted by atomic mass is 9.75. The zero-order valence-electron chi connectivity index (χ0n) is 17.0. The van der Waals surface area contributed by atoms with Gasteiger partial charge in [0.05, 0.1) is 6.33 Å². The summed E-state index contributed by atoms with van der Waals surface area (Å²) in [6, 6.07) is 8.75. The third kappa shape index (κ3) is 4.19. The van der Waals surface area contributed by atoms with Gasteiger partial charge in [-0.15, -0.1) is 0 Å². The zero-order valence-corrected chi connectivity index (χ0v) is 17.0. The lowest BCUT2D eigenvalue weighted by Crippen LogP contribution is -2.28. The summed E-state index contributed by atoms with van der Waals surface area (Å²) in [5.74, 6) is 0.486. The molecule has 1 aromatic carbocycles. The van der Waals surface area contributed by atoms with E-state index >= 15 is 0 Å². The average Bonchev–Trinajstić information content (AvgIpc) is 2.70. The molecule has 1 heterocycles. The van der Waals surface area contributed by atoms with Gasteiger partial charge < -0.3 is 5.32 Å². The van der Waals surface area contributed by atoms with Crippen molar-refractivity contribution in [3.63, 3.8) is 0 Å². The topological polar surface area (TPSA) is 12.0 Å². The van der Waals surface area contributed by atoms with Crippen molar-refractivity contribution in [2.24, 2.45) is 5.92 Å². The summed E-state index contributed by atoms with van der Waals surface area (Å²) in [5.41, 5.74) is 8.99. The summed E-state index contributed by atoms with van der Waals surface area (Å²) < 4.78 is 25.9. The second-order valence-corrected chi connectivity index (χ2v) is 7.65. The maximum atomic E-state index is 13.5. The number of allylic oxidation sites excluding steroid dienone is 7. The number of alkyl halides is 1. The molecule has 3 rings (SSSR count).